The number of amides is 4. The molecule has 4 heterocycles. The van der Waals surface area contributed by atoms with Crippen molar-refractivity contribution in [1.29, 1.82) is 0 Å². The zero-order chi connectivity index (χ0) is 41.6. The lowest BCUT2D eigenvalue weighted by molar-refractivity contribution is -0.141. The monoisotopic (exact) mass is 808 g/mol. The van der Waals surface area contributed by atoms with Crippen molar-refractivity contribution < 1.29 is 29.4 Å². The molecule has 0 saturated carbocycles. The highest BCUT2D eigenvalue weighted by Crippen LogP contribution is 2.33. The third-order valence-corrected chi connectivity index (χ3v) is 12.2. The number of β-amino-alcohol motifs (C(OH)–C–C–N with tert-alkyl or cyclic N) is 2. The topological polar surface area (TPSA) is 146 Å². The Labute approximate surface area is 351 Å². The SMILES string of the molecule is O=C(Nc1ccc(C#Cc2ccc(NC(=O)[C@@H]3CCCN3C(=O)C(c3ccccc3)N3CC[C@H](O)C3)cc2)cc1)[C@@H]1CCCN1C(=O)C(c1ccccc1)N1CC[C@H](O)C1. The molecule has 4 aromatic carbocycles. The van der Waals surface area contributed by atoms with Crippen molar-refractivity contribution in [3.05, 3.63) is 131 Å². The van der Waals surface area contributed by atoms with Crippen LogP contribution in [0.3, 0.4) is 0 Å². The summed E-state index contributed by atoms with van der Waals surface area (Å²) in [5.41, 5.74) is 4.45. The van der Waals surface area contributed by atoms with Crippen molar-refractivity contribution >= 4 is 35.0 Å². The third kappa shape index (κ3) is 9.30. The Bertz CT molecular complexity index is 2050. The minimum atomic E-state index is -0.592. The van der Waals surface area contributed by atoms with Crippen LogP contribution in [0.2, 0.25) is 0 Å². The highest BCUT2D eigenvalue weighted by atomic mass is 16.3. The van der Waals surface area contributed by atoms with E-state index in [0.29, 0.717) is 76.3 Å². The van der Waals surface area contributed by atoms with Crippen LogP contribution in [0.25, 0.3) is 0 Å². The lowest BCUT2D eigenvalue weighted by atomic mass is 10.0. The Morgan fingerprint density at radius 3 is 1.25 bits per heavy atom. The van der Waals surface area contributed by atoms with E-state index in [-0.39, 0.29) is 23.6 Å². The lowest BCUT2D eigenvalue weighted by Crippen LogP contribution is -2.48. The van der Waals surface area contributed by atoms with Crippen LogP contribution in [-0.4, -0.2) is 117 Å². The molecule has 4 N–H and O–H groups in total. The number of rotatable bonds is 10. The second-order valence-electron chi connectivity index (χ2n) is 16.3. The van der Waals surface area contributed by atoms with Gasteiger partial charge in [-0.25, -0.2) is 0 Å². The van der Waals surface area contributed by atoms with Crippen molar-refractivity contribution in [2.45, 2.75) is 74.9 Å². The molecule has 0 aromatic heterocycles. The first kappa shape index (κ1) is 40.9. The molecule has 4 amide bonds. The van der Waals surface area contributed by atoms with E-state index in [2.05, 4.69) is 22.5 Å². The molecule has 4 saturated heterocycles. The normalized spacial score (nSPS) is 22.8. The van der Waals surface area contributed by atoms with Gasteiger partial charge in [0.15, 0.2) is 0 Å². The predicted molar refractivity (Wildman–Crippen MR) is 228 cm³/mol. The van der Waals surface area contributed by atoms with Crippen molar-refractivity contribution in [3.8, 4) is 11.8 Å². The van der Waals surface area contributed by atoms with Gasteiger partial charge in [0.05, 0.1) is 12.2 Å². The van der Waals surface area contributed by atoms with Gasteiger partial charge in [-0.3, -0.25) is 29.0 Å². The first-order valence-corrected chi connectivity index (χ1v) is 21.1. The number of nitrogens with one attached hydrogen (secondary N) is 2. The molecular formula is C48H52N6O6. The minimum Gasteiger partial charge on any atom is -0.392 e. The van der Waals surface area contributed by atoms with Gasteiger partial charge in [0.1, 0.15) is 24.2 Å². The molecule has 0 spiro atoms. The zero-order valence-electron chi connectivity index (χ0n) is 33.7. The molecule has 12 heteroatoms. The van der Waals surface area contributed by atoms with E-state index in [4.69, 9.17) is 0 Å². The average Bonchev–Trinajstić information content (AvgIpc) is 4.11. The summed E-state index contributed by atoms with van der Waals surface area (Å²) in [5, 5.41) is 26.5. The molecule has 4 aromatic rings. The molecule has 12 nitrogen and oxygen atoms in total. The quantitative estimate of drug-likeness (QED) is 0.171. The maximum absolute atomic E-state index is 14.1. The van der Waals surface area contributed by atoms with Crippen LogP contribution >= 0.6 is 0 Å². The van der Waals surface area contributed by atoms with E-state index < -0.39 is 36.4 Å². The molecule has 2 unspecified atom stereocenters. The van der Waals surface area contributed by atoms with Crippen molar-refractivity contribution in [2.24, 2.45) is 0 Å². The van der Waals surface area contributed by atoms with Gasteiger partial charge in [-0.05, 0) is 98.2 Å². The van der Waals surface area contributed by atoms with E-state index in [0.717, 1.165) is 35.1 Å². The van der Waals surface area contributed by atoms with Gasteiger partial charge in [0.25, 0.3) is 0 Å². The molecule has 0 aliphatic carbocycles. The average molecular weight is 809 g/mol. The van der Waals surface area contributed by atoms with E-state index >= 15 is 0 Å². The number of aliphatic hydroxyl groups is 2. The predicted octanol–water partition coefficient (Wildman–Crippen LogP) is 4.56. The summed E-state index contributed by atoms with van der Waals surface area (Å²) in [4.78, 5) is 62.7. The third-order valence-electron chi connectivity index (χ3n) is 12.2. The number of anilines is 2. The maximum atomic E-state index is 14.1. The Hall–Kier alpha value is -5.84. The summed E-state index contributed by atoms with van der Waals surface area (Å²) in [5.74, 6) is 5.63. The number of benzene rings is 4. The second kappa shape index (κ2) is 18.6. The molecule has 4 aliphatic heterocycles. The van der Waals surface area contributed by atoms with Crippen molar-refractivity contribution in [2.75, 3.05) is 49.9 Å². The van der Waals surface area contributed by atoms with Gasteiger partial charge in [-0.2, -0.15) is 0 Å². The number of carbonyl (C=O) groups is 4. The molecule has 0 bridgehead atoms. The van der Waals surface area contributed by atoms with Crippen molar-refractivity contribution in [3.63, 3.8) is 0 Å². The summed E-state index contributed by atoms with van der Waals surface area (Å²) in [6.45, 7) is 3.07. The largest absolute Gasteiger partial charge is 0.392 e. The van der Waals surface area contributed by atoms with Crippen LogP contribution in [0.4, 0.5) is 11.4 Å². The number of nitrogens with zero attached hydrogens (tertiary/aromatic N) is 4. The number of hydrogen-bond acceptors (Lipinski definition) is 8. The summed E-state index contributed by atoms with van der Waals surface area (Å²) >= 11 is 0. The summed E-state index contributed by atoms with van der Waals surface area (Å²) < 4.78 is 0. The standard InChI is InChI=1S/C48H52N6O6/c55-39-25-29-51(31-39)43(35-9-3-1-4-10-35)47(59)53-27-7-13-41(53)45(57)49-37-21-17-33(18-22-37)15-16-34-19-23-38(24-20-34)50-46(58)42-14-8-28-54(42)48(60)44(36-11-5-2-6-12-36)52-30-26-40(56)32-52/h1-6,9-12,17-24,39-44,55-56H,7-8,13-14,25-32H2,(H,49,57)(H,50,58)/t39-,40-,41-,42-,43?,44?/m0/s1. The van der Waals surface area contributed by atoms with E-state index in [9.17, 15) is 29.4 Å². The number of likely N-dealkylation sites (tertiary alicyclic amines) is 4. The fourth-order valence-electron chi connectivity index (χ4n) is 9.08. The highest BCUT2D eigenvalue weighted by Gasteiger charge is 2.43. The smallest absolute Gasteiger partial charge is 0.247 e. The van der Waals surface area contributed by atoms with Gasteiger partial charge < -0.3 is 30.6 Å². The Morgan fingerprint density at radius 1 is 0.517 bits per heavy atom. The number of carbonyl (C=O) groups excluding carboxylic acids is 4. The molecule has 0 radical (unpaired) electrons. The lowest BCUT2D eigenvalue weighted by Gasteiger charge is -2.33. The van der Waals surface area contributed by atoms with Crippen LogP contribution in [0, 0.1) is 11.8 Å². The minimum absolute atomic E-state index is 0.116. The molecule has 4 aliphatic rings. The second-order valence-corrected chi connectivity index (χ2v) is 16.3. The molecule has 6 atom stereocenters. The highest BCUT2D eigenvalue weighted by molar-refractivity contribution is 5.99. The molecule has 310 valence electrons. The Balaban J connectivity index is 0.859. The van der Waals surface area contributed by atoms with Crippen LogP contribution < -0.4 is 10.6 Å². The summed E-state index contributed by atoms with van der Waals surface area (Å²) in [7, 11) is 0. The van der Waals surface area contributed by atoms with Crippen LogP contribution in [0.5, 0.6) is 0 Å². The van der Waals surface area contributed by atoms with Crippen LogP contribution in [0.1, 0.15) is 72.9 Å². The van der Waals surface area contributed by atoms with Gasteiger partial charge in [-0.15, -0.1) is 0 Å². The number of hydrogen-bond donors (Lipinski definition) is 4. The fourth-order valence-corrected chi connectivity index (χ4v) is 9.08. The van der Waals surface area contributed by atoms with Crippen molar-refractivity contribution in [1.82, 2.24) is 19.6 Å². The first-order valence-electron chi connectivity index (χ1n) is 21.1. The van der Waals surface area contributed by atoms with Crippen LogP contribution in [0.15, 0.2) is 109 Å². The van der Waals surface area contributed by atoms with Crippen LogP contribution in [-0.2, 0) is 19.2 Å². The summed E-state index contributed by atoms with van der Waals surface area (Å²) in [6.07, 6.45) is 2.90. The molecule has 4 fully saturated rings. The zero-order valence-corrected chi connectivity index (χ0v) is 33.7. The Morgan fingerprint density at radius 2 is 0.900 bits per heavy atom. The van der Waals surface area contributed by atoms with E-state index in [1.165, 1.54) is 0 Å². The first-order chi connectivity index (χ1) is 29.2. The fraction of sp³-hybridized carbons (Fsp3) is 0.375. The van der Waals surface area contributed by atoms with Gasteiger partial charge in [0.2, 0.25) is 23.6 Å². The van der Waals surface area contributed by atoms with Gasteiger partial charge >= 0.3 is 0 Å². The molecular weight excluding hydrogens is 757 g/mol. The van der Waals surface area contributed by atoms with E-state index in [1.54, 1.807) is 34.1 Å². The van der Waals surface area contributed by atoms with Gasteiger partial charge in [0, 0.05) is 61.8 Å². The Kier molecular flexibility index (Phi) is 12.7. The number of aliphatic hydroxyl groups excluding tert-OH is 2. The maximum Gasteiger partial charge on any atom is 0.247 e. The molecule has 8 rings (SSSR count). The van der Waals surface area contributed by atoms with Gasteiger partial charge in [-0.1, -0.05) is 72.5 Å². The van der Waals surface area contributed by atoms with E-state index in [1.807, 2.05) is 94.7 Å². The summed E-state index contributed by atoms with van der Waals surface area (Å²) in [6, 6.07) is 31.4. The molecule has 60 heavy (non-hydrogen) atoms.